The monoisotopic (exact) mass is 284 g/mol. The summed E-state index contributed by atoms with van der Waals surface area (Å²) in [5.74, 6) is 0.126. The molecule has 4 nitrogen and oxygen atoms in total. The van der Waals surface area contributed by atoms with Gasteiger partial charge in [-0.3, -0.25) is 4.79 Å². The first-order valence-electron chi connectivity index (χ1n) is 6.37. The molecule has 0 aliphatic carbocycles. The maximum atomic E-state index is 12.1. The van der Waals surface area contributed by atoms with Crippen LogP contribution in [0.1, 0.15) is 13.8 Å². The molecule has 2 rings (SSSR count). The molecule has 1 saturated heterocycles. The highest BCUT2D eigenvalue weighted by atomic mass is 35.5. The number of morpholine rings is 1. The second-order valence-corrected chi connectivity index (χ2v) is 4.76. The summed E-state index contributed by atoms with van der Waals surface area (Å²) in [6.45, 7) is 5.65. The number of anilines is 1. The van der Waals surface area contributed by atoms with Crippen LogP contribution in [0.15, 0.2) is 30.3 Å². The van der Waals surface area contributed by atoms with Gasteiger partial charge in [0, 0.05) is 12.2 Å². The zero-order chi connectivity index (χ0) is 13.0. The first-order valence-corrected chi connectivity index (χ1v) is 6.37. The number of halogens is 1. The average Bonchev–Trinajstić information content (AvgIpc) is 2.40. The molecule has 1 aromatic carbocycles. The lowest BCUT2D eigenvalue weighted by Gasteiger charge is -2.36. The fourth-order valence-electron chi connectivity index (χ4n) is 2.09. The van der Waals surface area contributed by atoms with Crippen LogP contribution < -0.4 is 5.32 Å². The molecule has 1 aromatic rings. The van der Waals surface area contributed by atoms with Crippen LogP contribution >= 0.6 is 12.4 Å². The highest BCUT2D eigenvalue weighted by Gasteiger charge is 2.26. The molecule has 1 fully saturated rings. The van der Waals surface area contributed by atoms with E-state index in [1.54, 1.807) is 0 Å². The van der Waals surface area contributed by atoms with Crippen molar-refractivity contribution in [1.82, 2.24) is 4.90 Å². The Morgan fingerprint density at radius 3 is 2.74 bits per heavy atom. The molecule has 2 atom stereocenters. The van der Waals surface area contributed by atoms with Gasteiger partial charge >= 0.3 is 0 Å². The molecule has 19 heavy (non-hydrogen) atoms. The van der Waals surface area contributed by atoms with Crippen LogP contribution in [0.3, 0.4) is 0 Å². The fourth-order valence-corrected chi connectivity index (χ4v) is 2.09. The lowest BCUT2D eigenvalue weighted by molar-refractivity contribution is -0.141. The van der Waals surface area contributed by atoms with E-state index in [1.807, 2.05) is 49.1 Å². The molecule has 5 heteroatoms. The van der Waals surface area contributed by atoms with E-state index in [0.717, 1.165) is 5.69 Å². The second kappa shape index (κ2) is 7.36. The predicted molar refractivity (Wildman–Crippen MR) is 78.8 cm³/mol. The Hall–Kier alpha value is -1.26. The Morgan fingerprint density at radius 1 is 1.37 bits per heavy atom. The van der Waals surface area contributed by atoms with E-state index < -0.39 is 0 Å². The summed E-state index contributed by atoms with van der Waals surface area (Å²) in [5.41, 5.74) is 0.972. The topological polar surface area (TPSA) is 41.6 Å². The fraction of sp³-hybridized carbons (Fsp3) is 0.500. The van der Waals surface area contributed by atoms with Crippen LogP contribution in [0, 0.1) is 0 Å². The number of amides is 1. The third kappa shape index (κ3) is 4.40. The highest BCUT2D eigenvalue weighted by Crippen LogP contribution is 2.12. The minimum absolute atomic E-state index is 0. The number of para-hydroxylation sites is 1. The number of nitrogens with zero attached hydrogens (tertiary/aromatic N) is 1. The summed E-state index contributed by atoms with van der Waals surface area (Å²) < 4.78 is 5.52. The molecular formula is C14H21ClN2O2. The number of carbonyl (C=O) groups is 1. The van der Waals surface area contributed by atoms with Gasteiger partial charge in [-0.2, -0.15) is 0 Å². The third-order valence-corrected chi connectivity index (χ3v) is 3.15. The lowest BCUT2D eigenvalue weighted by atomic mass is 10.2. The molecule has 106 valence electrons. The van der Waals surface area contributed by atoms with Crippen molar-refractivity contribution in [3.8, 4) is 0 Å². The molecule has 0 bridgehead atoms. The molecule has 1 N–H and O–H groups in total. The Kier molecular flexibility index (Phi) is 6.12. The number of nitrogens with one attached hydrogen (secondary N) is 1. The highest BCUT2D eigenvalue weighted by molar-refractivity contribution is 5.85. The number of rotatable bonds is 3. The standard InChI is InChI=1S/C14H20N2O2.ClH/c1-11-10-18-12(2)9-16(11)14(17)8-15-13-6-4-3-5-7-13;/h3-7,11-12,15H,8-10H2,1-2H3;1H. The minimum Gasteiger partial charge on any atom is -0.376 e. The van der Waals surface area contributed by atoms with Gasteiger partial charge in [-0.15, -0.1) is 12.4 Å². The van der Waals surface area contributed by atoms with Gasteiger partial charge in [0.1, 0.15) is 0 Å². The second-order valence-electron chi connectivity index (χ2n) is 4.76. The SMILES string of the molecule is CC1CN(C(=O)CNc2ccccc2)C(C)CO1.Cl. The van der Waals surface area contributed by atoms with Crippen LogP contribution in [-0.4, -0.2) is 42.6 Å². The van der Waals surface area contributed by atoms with Crippen molar-refractivity contribution in [2.75, 3.05) is 25.0 Å². The van der Waals surface area contributed by atoms with Gasteiger partial charge in [-0.25, -0.2) is 0 Å². The summed E-state index contributed by atoms with van der Waals surface area (Å²) in [7, 11) is 0. The van der Waals surface area contributed by atoms with Gasteiger partial charge in [0.15, 0.2) is 0 Å². The van der Waals surface area contributed by atoms with Gasteiger partial charge in [-0.1, -0.05) is 18.2 Å². The Bertz CT molecular complexity index is 400. The van der Waals surface area contributed by atoms with E-state index in [0.29, 0.717) is 19.7 Å². The molecule has 0 spiro atoms. The number of ether oxygens (including phenoxy) is 1. The molecule has 1 aliphatic heterocycles. The maximum Gasteiger partial charge on any atom is 0.242 e. The third-order valence-electron chi connectivity index (χ3n) is 3.15. The molecule has 2 unspecified atom stereocenters. The average molecular weight is 285 g/mol. The van der Waals surface area contributed by atoms with Crippen LogP contribution in [0.5, 0.6) is 0 Å². The summed E-state index contributed by atoms with van der Waals surface area (Å²) in [4.78, 5) is 14.0. The van der Waals surface area contributed by atoms with Crippen molar-refractivity contribution < 1.29 is 9.53 Å². The van der Waals surface area contributed by atoms with E-state index >= 15 is 0 Å². The molecule has 1 aliphatic rings. The van der Waals surface area contributed by atoms with E-state index in [2.05, 4.69) is 5.32 Å². The molecule has 0 radical (unpaired) electrons. The van der Waals surface area contributed by atoms with Gasteiger partial charge < -0.3 is 15.0 Å². The largest absolute Gasteiger partial charge is 0.376 e. The Morgan fingerprint density at radius 2 is 2.05 bits per heavy atom. The molecule has 1 amide bonds. The summed E-state index contributed by atoms with van der Waals surface area (Å²) in [5, 5.41) is 3.15. The van der Waals surface area contributed by atoms with E-state index in [1.165, 1.54) is 0 Å². The van der Waals surface area contributed by atoms with E-state index in [4.69, 9.17) is 4.74 Å². The normalized spacial score (nSPS) is 22.5. The number of hydrogen-bond donors (Lipinski definition) is 1. The van der Waals surface area contributed by atoms with Crippen LogP contribution in [0.25, 0.3) is 0 Å². The molecule has 0 saturated carbocycles. The quantitative estimate of drug-likeness (QED) is 0.925. The molecule has 1 heterocycles. The van der Waals surface area contributed by atoms with Gasteiger partial charge in [0.2, 0.25) is 5.91 Å². The first kappa shape index (κ1) is 15.8. The van der Waals surface area contributed by atoms with Crippen LogP contribution in [0.2, 0.25) is 0 Å². The van der Waals surface area contributed by atoms with Crippen molar-refractivity contribution in [2.24, 2.45) is 0 Å². The lowest BCUT2D eigenvalue weighted by Crippen LogP contribution is -2.51. The summed E-state index contributed by atoms with van der Waals surface area (Å²) >= 11 is 0. The number of carbonyl (C=O) groups excluding carboxylic acids is 1. The van der Waals surface area contributed by atoms with Crippen LogP contribution in [0.4, 0.5) is 5.69 Å². The Balaban J connectivity index is 0.00000180. The molecule has 0 aromatic heterocycles. The Labute approximate surface area is 120 Å². The maximum absolute atomic E-state index is 12.1. The van der Waals surface area contributed by atoms with Crippen molar-refractivity contribution >= 4 is 24.0 Å². The smallest absolute Gasteiger partial charge is 0.242 e. The minimum atomic E-state index is 0. The number of hydrogen-bond acceptors (Lipinski definition) is 3. The summed E-state index contributed by atoms with van der Waals surface area (Å²) in [6.07, 6.45) is 0.127. The van der Waals surface area contributed by atoms with Crippen molar-refractivity contribution in [2.45, 2.75) is 26.0 Å². The van der Waals surface area contributed by atoms with E-state index in [9.17, 15) is 4.79 Å². The van der Waals surface area contributed by atoms with E-state index in [-0.39, 0.29) is 30.5 Å². The zero-order valence-electron chi connectivity index (χ0n) is 11.3. The van der Waals surface area contributed by atoms with Gasteiger partial charge in [-0.05, 0) is 26.0 Å². The van der Waals surface area contributed by atoms with Gasteiger partial charge in [0.05, 0.1) is 25.3 Å². The van der Waals surface area contributed by atoms with Gasteiger partial charge in [0.25, 0.3) is 0 Å². The number of benzene rings is 1. The van der Waals surface area contributed by atoms with Crippen molar-refractivity contribution in [3.05, 3.63) is 30.3 Å². The van der Waals surface area contributed by atoms with Crippen LogP contribution in [-0.2, 0) is 9.53 Å². The first-order chi connectivity index (χ1) is 8.66. The van der Waals surface area contributed by atoms with Crippen molar-refractivity contribution in [3.63, 3.8) is 0 Å². The van der Waals surface area contributed by atoms with Crippen molar-refractivity contribution in [1.29, 1.82) is 0 Å². The zero-order valence-corrected chi connectivity index (χ0v) is 12.2. The summed E-state index contributed by atoms with van der Waals surface area (Å²) in [6, 6.07) is 9.93. The predicted octanol–water partition coefficient (Wildman–Crippen LogP) is 2.16. The molecular weight excluding hydrogens is 264 g/mol.